The summed E-state index contributed by atoms with van der Waals surface area (Å²) in [6.07, 6.45) is 8.24. The van der Waals surface area contributed by atoms with Gasteiger partial charge in [0, 0.05) is 10.7 Å². The Hall–Kier alpha value is -2.97. The van der Waals surface area contributed by atoms with Crippen molar-refractivity contribution in [2.45, 2.75) is 51.9 Å². The average molecular weight is 469 g/mol. The van der Waals surface area contributed by atoms with E-state index in [-0.39, 0.29) is 0 Å². The molecule has 0 saturated heterocycles. The summed E-state index contributed by atoms with van der Waals surface area (Å²) < 4.78 is 5.85. The lowest BCUT2D eigenvalue weighted by molar-refractivity contribution is 0.299. The molecule has 0 atom stereocenters. The van der Waals surface area contributed by atoms with Gasteiger partial charge >= 0.3 is 0 Å². The van der Waals surface area contributed by atoms with Crippen molar-refractivity contribution in [2.24, 2.45) is 0 Å². The van der Waals surface area contributed by atoms with Gasteiger partial charge in [-0.05, 0) is 71.2 Å². The van der Waals surface area contributed by atoms with Crippen LogP contribution in [0.4, 0.5) is 0 Å². The summed E-state index contributed by atoms with van der Waals surface area (Å²) in [5.41, 5.74) is 8.20. The Morgan fingerprint density at radius 1 is 0.706 bits per heavy atom. The smallest absolute Gasteiger partial charge is 0.123 e. The molecule has 3 aromatic carbocycles. The van der Waals surface area contributed by atoms with Gasteiger partial charge in [0.05, 0.1) is 0 Å². The number of fused-ring (bicyclic) bond motifs is 3. The molecule has 0 spiro atoms. The minimum Gasteiger partial charge on any atom is -0.489 e. The molecule has 0 amide bonds. The predicted octanol–water partition coefficient (Wildman–Crippen LogP) is 8.88. The van der Waals surface area contributed by atoms with Gasteiger partial charge in [-0.25, -0.2) is 0 Å². The van der Waals surface area contributed by atoms with Crippen LogP contribution in [0, 0.1) is 0 Å². The van der Waals surface area contributed by atoms with E-state index in [9.17, 15) is 0 Å². The van der Waals surface area contributed by atoms with Crippen molar-refractivity contribution in [1.29, 1.82) is 0 Å². The fourth-order valence-electron chi connectivity index (χ4n) is 4.10. The van der Waals surface area contributed by atoms with Gasteiger partial charge < -0.3 is 4.74 Å². The van der Waals surface area contributed by atoms with Crippen LogP contribution in [0.15, 0.2) is 109 Å². The van der Waals surface area contributed by atoms with E-state index in [2.05, 4.69) is 86.0 Å². The first-order valence-electron chi connectivity index (χ1n) is 12.2. The molecule has 0 aliphatic carbocycles. The van der Waals surface area contributed by atoms with Crippen molar-refractivity contribution in [3.63, 3.8) is 0 Å². The molecule has 0 fully saturated rings. The Balaban J connectivity index is 0.000000178. The molecule has 2 aliphatic heterocycles. The summed E-state index contributed by atoms with van der Waals surface area (Å²) in [5, 5.41) is 0. The van der Waals surface area contributed by atoms with Gasteiger partial charge in [-0.3, -0.25) is 0 Å². The Bertz CT molecular complexity index is 1030. The average Bonchev–Trinajstić information content (AvgIpc) is 2.88. The first kappa shape index (κ1) is 25.6. The molecule has 176 valence electrons. The zero-order valence-corrected chi connectivity index (χ0v) is 21.4. The van der Waals surface area contributed by atoms with Crippen LogP contribution in [0.2, 0.25) is 0 Å². The van der Waals surface area contributed by atoms with Crippen molar-refractivity contribution >= 4 is 11.8 Å². The highest BCUT2D eigenvalue weighted by Gasteiger charge is 2.12. The second-order valence-corrected chi connectivity index (χ2v) is 9.11. The maximum atomic E-state index is 5.85. The summed E-state index contributed by atoms with van der Waals surface area (Å²) in [6.45, 7) is 12.6. The van der Waals surface area contributed by atoms with Gasteiger partial charge in [0.15, 0.2) is 0 Å². The zero-order chi connectivity index (χ0) is 24.2. The summed E-state index contributed by atoms with van der Waals surface area (Å²) >= 11 is 1.86. The normalized spacial score (nSPS) is 15.6. The van der Waals surface area contributed by atoms with Gasteiger partial charge in [0.25, 0.3) is 0 Å². The zero-order valence-electron chi connectivity index (χ0n) is 20.6. The van der Waals surface area contributed by atoms with E-state index in [1.165, 1.54) is 38.3 Å². The van der Waals surface area contributed by atoms with E-state index >= 15 is 0 Å². The maximum absolute atomic E-state index is 5.85. The SMILES string of the molecule is C=C/C=C1/SCc2ccccc2CCC1=C.CC.c1ccc2c(c1)CCc1ccccc1OC2. The number of para-hydroxylation sites is 1. The third-order valence-corrected chi connectivity index (χ3v) is 7.14. The Morgan fingerprint density at radius 2 is 1.24 bits per heavy atom. The first-order valence-corrected chi connectivity index (χ1v) is 13.2. The van der Waals surface area contributed by atoms with Crippen molar-refractivity contribution in [1.82, 2.24) is 0 Å². The minimum atomic E-state index is 0.688. The summed E-state index contributed by atoms with van der Waals surface area (Å²) in [6, 6.07) is 25.6. The van der Waals surface area contributed by atoms with Gasteiger partial charge in [-0.15, -0.1) is 11.8 Å². The number of aryl methyl sites for hydroxylation is 3. The molecule has 0 N–H and O–H groups in total. The second-order valence-electron chi connectivity index (χ2n) is 8.09. The molecule has 5 rings (SSSR count). The molecule has 3 aromatic rings. The first-order chi connectivity index (χ1) is 16.7. The number of hydrogen-bond donors (Lipinski definition) is 0. The number of ether oxygens (including phenoxy) is 1. The van der Waals surface area contributed by atoms with E-state index in [0.29, 0.717) is 6.61 Å². The molecular weight excluding hydrogens is 432 g/mol. The molecule has 2 heterocycles. The Labute approximate surface area is 210 Å². The van der Waals surface area contributed by atoms with E-state index in [0.717, 1.165) is 37.2 Å². The monoisotopic (exact) mass is 468 g/mol. The minimum absolute atomic E-state index is 0.688. The number of hydrogen-bond acceptors (Lipinski definition) is 2. The molecule has 2 aliphatic rings. The van der Waals surface area contributed by atoms with E-state index in [4.69, 9.17) is 4.74 Å². The number of rotatable bonds is 1. The third-order valence-electron chi connectivity index (χ3n) is 5.95. The standard InChI is InChI=1S/C15H14O.C15H16S.C2H6/c1-2-7-14-11-16-15-8-4-3-6-13(15)10-9-12(14)5-1;1-3-6-15-12(2)9-10-13-7-4-5-8-14(13)11-16-15;1-2/h1-8H,9-11H2;3-8H,1-2,9-11H2;1-2H3/b;15-6+;. The van der Waals surface area contributed by atoms with Gasteiger partial charge in [0.2, 0.25) is 0 Å². The second kappa shape index (κ2) is 13.7. The van der Waals surface area contributed by atoms with E-state index in [1.807, 2.05) is 37.8 Å². The summed E-state index contributed by atoms with van der Waals surface area (Å²) in [7, 11) is 0. The lowest BCUT2D eigenvalue weighted by atomic mass is 9.98. The summed E-state index contributed by atoms with van der Waals surface area (Å²) in [4.78, 5) is 1.28. The fourth-order valence-corrected chi connectivity index (χ4v) is 5.19. The predicted molar refractivity (Wildman–Crippen MR) is 149 cm³/mol. The molecule has 0 bridgehead atoms. The van der Waals surface area contributed by atoms with Crippen LogP contribution in [-0.2, 0) is 31.6 Å². The number of benzene rings is 3. The Kier molecular flexibility index (Phi) is 10.3. The fraction of sp³-hybridized carbons (Fsp3) is 0.250. The highest BCUT2D eigenvalue weighted by molar-refractivity contribution is 8.02. The topological polar surface area (TPSA) is 9.23 Å². The van der Waals surface area contributed by atoms with Crippen LogP contribution in [0.3, 0.4) is 0 Å². The van der Waals surface area contributed by atoms with Gasteiger partial charge in [0.1, 0.15) is 12.4 Å². The van der Waals surface area contributed by atoms with Crippen LogP contribution in [-0.4, -0.2) is 0 Å². The highest BCUT2D eigenvalue weighted by atomic mass is 32.2. The molecule has 34 heavy (non-hydrogen) atoms. The quantitative estimate of drug-likeness (QED) is 0.353. The van der Waals surface area contributed by atoms with Crippen molar-refractivity contribution < 1.29 is 4.74 Å². The summed E-state index contributed by atoms with van der Waals surface area (Å²) in [5.74, 6) is 2.08. The molecule has 0 aromatic heterocycles. The lowest BCUT2D eigenvalue weighted by Gasteiger charge is -2.17. The van der Waals surface area contributed by atoms with Gasteiger partial charge in [-0.1, -0.05) is 99.8 Å². The molecular formula is C32H36OS. The molecule has 2 heteroatoms. The van der Waals surface area contributed by atoms with Crippen LogP contribution in [0.1, 0.15) is 48.1 Å². The van der Waals surface area contributed by atoms with Gasteiger partial charge in [-0.2, -0.15) is 0 Å². The van der Waals surface area contributed by atoms with Crippen LogP contribution >= 0.6 is 11.8 Å². The Morgan fingerprint density at radius 3 is 1.94 bits per heavy atom. The number of allylic oxidation sites excluding steroid dienone is 3. The largest absolute Gasteiger partial charge is 0.489 e. The number of thioether (sulfide) groups is 1. The highest BCUT2D eigenvalue weighted by Crippen LogP contribution is 2.33. The van der Waals surface area contributed by atoms with Crippen LogP contribution in [0.25, 0.3) is 0 Å². The van der Waals surface area contributed by atoms with Crippen molar-refractivity contribution in [2.75, 3.05) is 0 Å². The third kappa shape index (κ3) is 7.01. The molecule has 1 nitrogen and oxygen atoms in total. The molecule has 0 radical (unpaired) electrons. The molecule has 0 unspecified atom stereocenters. The van der Waals surface area contributed by atoms with Crippen LogP contribution in [0.5, 0.6) is 5.75 Å². The van der Waals surface area contributed by atoms with Crippen molar-refractivity contribution in [3.8, 4) is 5.75 Å². The lowest BCUT2D eigenvalue weighted by Crippen LogP contribution is -2.07. The molecule has 0 saturated carbocycles. The van der Waals surface area contributed by atoms with E-state index < -0.39 is 0 Å². The van der Waals surface area contributed by atoms with E-state index in [1.54, 1.807) is 0 Å². The maximum Gasteiger partial charge on any atom is 0.123 e. The van der Waals surface area contributed by atoms with Crippen molar-refractivity contribution in [3.05, 3.63) is 136 Å². The van der Waals surface area contributed by atoms with Crippen LogP contribution < -0.4 is 4.74 Å².